The molecule has 10 nitrogen and oxygen atoms in total. The average Bonchev–Trinajstić information content (AvgIpc) is 3.36. The second-order valence-electron chi connectivity index (χ2n) is 7.76. The van der Waals surface area contributed by atoms with Crippen molar-refractivity contribution in [1.29, 1.82) is 0 Å². The van der Waals surface area contributed by atoms with Gasteiger partial charge in [0, 0.05) is 12.1 Å². The lowest BCUT2D eigenvalue weighted by Gasteiger charge is -2.17. The number of aliphatic hydroxyl groups is 2. The largest absolute Gasteiger partial charge is 0.387 e. The van der Waals surface area contributed by atoms with Crippen molar-refractivity contribution in [3.63, 3.8) is 0 Å². The maximum Gasteiger partial charge on any atom is 0.252 e. The predicted molar refractivity (Wildman–Crippen MR) is 100 cm³/mol. The van der Waals surface area contributed by atoms with Crippen LogP contribution in [-0.4, -0.2) is 66.0 Å². The number of anilines is 1. The second kappa shape index (κ2) is 7.61. The van der Waals surface area contributed by atoms with E-state index in [-0.39, 0.29) is 6.04 Å². The standard InChI is InChI=1S/C18H26N6O4/c1-9(2)22-17(27)14-12(25)13(26)18(28-14)24-8-21-11-15(19-7-20-16(11)24)23-10-5-3-4-6-10/h7-10,12-14,18,25-26H,3-6H2,1-2H3,(H,22,27)(H,19,20,23)/t12-,13+,14-,18+/m0/s1. The molecule has 2 aromatic heterocycles. The molecule has 2 aromatic rings. The van der Waals surface area contributed by atoms with E-state index in [1.165, 1.54) is 30.1 Å². The van der Waals surface area contributed by atoms with Crippen LogP contribution in [0, 0.1) is 0 Å². The molecular weight excluding hydrogens is 364 g/mol. The molecule has 152 valence electrons. The monoisotopic (exact) mass is 390 g/mol. The number of carbonyl (C=O) groups excluding carboxylic acids is 1. The van der Waals surface area contributed by atoms with Gasteiger partial charge < -0.3 is 25.6 Å². The van der Waals surface area contributed by atoms with Gasteiger partial charge in [-0.2, -0.15) is 0 Å². The van der Waals surface area contributed by atoms with E-state index in [4.69, 9.17) is 4.74 Å². The highest BCUT2D eigenvalue weighted by Crippen LogP contribution is 2.33. The van der Waals surface area contributed by atoms with E-state index in [2.05, 4.69) is 25.6 Å². The van der Waals surface area contributed by atoms with Crippen LogP contribution < -0.4 is 10.6 Å². The zero-order chi connectivity index (χ0) is 19.8. The fraction of sp³-hybridized carbons (Fsp3) is 0.667. The molecule has 1 amide bonds. The van der Waals surface area contributed by atoms with Gasteiger partial charge in [-0.05, 0) is 26.7 Å². The highest BCUT2D eigenvalue weighted by atomic mass is 16.6. The van der Waals surface area contributed by atoms with Gasteiger partial charge in [0.1, 0.15) is 18.5 Å². The van der Waals surface area contributed by atoms with Gasteiger partial charge in [-0.1, -0.05) is 12.8 Å². The lowest BCUT2D eigenvalue weighted by atomic mass is 10.1. The SMILES string of the molecule is CC(C)NC(=O)[C@H]1O[C@@H](n2cnc3c(NC4CCCC4)ncnc32)[C@H](O)[C@@H]1O. The number of ether oxygens (including phenoxy) is 1. The Bertz CT molecular complexity index is 850. The van der Waals surface area contributed by atoms with Crippen molar-refractivity contribution < 1.29 is 19.7 Å². The Kier molecular flexibility index (Phi) is 5.17. The summed E-state index contributed by atoms with van der Waals surface area (Å²) in [6.45, 7) is 3.62. The van der Waals surface area contributed by atoms with Crippen molar-refractivity contribution in [2.24, 2.45) is 0 Å². The third-order valence-corrected chi connectivity index (χ3v) is 5.26. The van der Waals surface area contributed by atoms with Crippen LogP contribution in [0.2, 0.25) is 0 Å². The first kappa shape index (κ1) is 19.0. The Hall–Kier alpha value is -2.30. The molecule has 3 heterocycles. The van der Waals surface area contributed by atoms with Gasteiger partial charge in [0.15, 0.2) is 29.3 Å². The molecule has 0 spiro atoms. The normalized spacial score (nSPS) is 28.3. The number of aromatic nitrogens is 4. The predicted octanol–water partition coefficient (Wildman–Crippen LogP) is 0.325. The van der Waals surface area contributed by atoms with Gasteiger partial charge in [0.2, 0.25) is 0 Å². The Labute approximate surface area is 162 Å². The Morgan fingerprint density at radius 2 is 1.96 bits per heavy atom. The number of amides is 1. The van der Waals surface area contributed by atoms with E-state index in [9.17, 15) is 15.0 Å². The quantitative estimate of drug-likeness (QED) is 0.574. The molecule has 4 atom stereocenters. The smallest absolute Gasteiger partial charge is 0.252 e. The van der Waals surface area contributed by atoms with Gasteiger partial charge in [-0.25, -0.2) is 15.0 Å². The second-order valence-corrected chi connectivity index (χ2v) is 7.76. The average molecular weight is 390 g/mol. The lowest BCUT2D eigenvalue weighted by Crippen LogP contribution is -2.45. The summed E-state index contributed by atoms with van der Waals surface area (Å²) in [6, 6.07) is 0.257. The van der Waals surface area contributed by atoms with Gasteiger partial charge in [-0.3, -0.25) is 9.36 Å². The molecule has 0 radical (unpaired) electrons. The minimum atomic E-state index is -1.35. The van der Waals surface area contributed by atoms with E-state index in [0.29, 0.717) is 23.0 Å². The summed E-state index contributed by atoms with van der Waals surface area (Å²) in [5, 5.41) is 26.9. The molecule has 4 rings (SSSR count). The first-order valence-electron chi connectivity index (χ1n) is 9.71. The lowest BCUT2D eigenvalue weighted by molar-refractivity contribution is -0.138. The molecule has 2 fully saturated rings. The van der Waals surface area contributed by atoms with E-state index in [1.807, 2.05) is 13.8 Å². The fourth-order valence-corrected chi connectivity index (χ4v) is 3.88. The summed E-state index contributed by atoms with van der Waals surface area (Å²) in [5.41, 5.74) is 1.03. The third kappa shape index (κ3) is 3.43. The minimum Gasteiger partial charge on any atom is -0.387 e. The highest BCUT2D eigenvalue weighted by Gasteiger charge is 2.47. The summed E-state index contributed by atoms with van der Waals surface area (Å²) in [4.78, 5) is 25.2. The Morgan fingerprint density at radius 1 is 1.21 bits per heavy atom. The molecule has 4 N–H and O–H groups in total. The van der Waals surface area contributed by atoms with Crippen LogP contribution in [0.5, 0.6) is 0 Å². The summed E-state index contributed by atoms with van der Waals surface area (Å²) in [7, 11) is 0. The molecular formula is C18H26N6O4. The van der Waals surface area contributed by atoms with E-state index >= 15 is 0 Å². The number of fused-ring (bicyclic) bond motifs is 1. The first-order chi connectivity index (χ1) is 13.5. The maximum atomic E-state index is 12.3. The molecule has 28 heavy (non-hydrogen) atoms. The van der Waals surface area contributed by atoms with Crippen LogP contribution in [0.25, 0.3) is 11.2 Å². The zero-order valence-electron chi connectivity index (χ0n) is 15.9. The summed E-state index contributed by atoms with van der Waals surface area (Å²) >= 11 is 0. The van der Waals surface area contributed by atoms with Crippen LogP contribution >= 0.6 is 0 Å². The fourth-order valence-electron chi connectivity index (χ4n) is 3.88. The number of aliphatic hydroxyl groups excluding tert-OH is 2. The Morgan fingerprint density at radius 3 is 2.68 bits per heavy atom. The van der Waals surface area contributed by atoms with Gasteiger partial charge in [0.25, 0.3) is 5.91 Å². The number of rotatable bonds is 5. The van der Waals surface area contributed by atoms with Crippen LogP contribution in [0.3, 0.4) is 0 Å². The summed E-state index contributed by atoms with van der Waals surface area (Å²) in [5.74, 6) is 0.171. The molecule has 0 aromatic carbocycles. The highest BCUT2D eigenvalue weighted by molar-refractivity contribution is 5.83. The summed E-state index contributed by atoms with van der Waals surface area (Å²) < 4.78 is 7.24. The molecule has 1 aliphatic heterocycles. The maximum absolute atomic E-state index is 12.3. The first-order valence-corrected chi connectivity index (χ1v) is 9.71. The van der Waals surface area contributed by atoms with Crippen molar-refractivity contribution in [3.05, 3.63) is 12.7 Å². The Balaban J connectivity index is 1.59. The molecule has 1 aliphatic carbocycles. The van der Waals surface area contributed by atoms with Crippen LogP contribution in [0.1, 0.15) is 45.8 Å². The van der Waals surface area contributed by atoms with Gasteiger partial charge in [-0.15, -0.1) is 0 Å². The molecule has 1 saturated heterocycles. The van der Waals surface area contributed by atoms with Crippen molar-refractivity contribution >= 4 is 22.9 Å². The van der Waals surface area contributed by atoms with Crippen molar-refractivity contribution in [1.82, 2.24) is 24.8 Å². The van der Waals surface area contributed by atoms with Crippen LogP contribution in [0.15, 0.2) is 12.7 Å². The third-order valence-electron chi connectivity index (χ3n) is 5.26. The number of carbonyl (C=O) groups is 1. The van der Waals surface area contributed by atoms with Gasteiger partial charge in [0.05, 0.1) is 6.33 Å². The molecule has 1 saturated carbocycles. The van der Waals surface area contributed by atoms with E-state index in [0.717, 1.165) is 12.8 Å². The zero-order valence-corrected chi connectivity index (χ0v) is 15.9. The molecule has 0 bridgehead atoms. The van der Waals surface area contributed by atoms with Crippen molar-refractivity contribution in [3.8, 4) is 0 Å². The van der Waals surface area contributed by atoms with Crippen LogP contribution in [-0.2, 0) is 9.53 Å². The minimum absolute atomic E-state index is 0.106. The van der Waals surface area contributed by atoms with E-state index in [1.54, 1.807) is 0 Å². The number of nitrogens with zero attached hydrogens (tertiary/aromatic N) is 4. The van der Waals surface area contributed by atoms with E-state index < -0.39 is 30.4 Å². The topological polar surface area (TPSA) is 134 Å². The van der Waals surface area contributed by atoms with Gasteiger partial charge >= 0.3 is 0 Å². The number of hydrogen-bond acceptors (Lipinski definition) is 8. The number of imidazole rings is 1. The van der Waals surface area contributed by atoms with Crippen LogP contribution in [0.4, 0.5) is 5.82 Å². The molecule has 10 heteroatoms. The molecule has 2 aliphatic rings. The van der Waals surface area contributed by atoms with Crippen molar-refractivity contribution in [2.75, 3.05) is 5.32 Å². The molecule has 0 unspecified atom stereocenters. The number of nitrogens with one attached hydrogen (secondary N) is 2. The number of hydrogen-bond donors (Lipinski definition) is 4. The van der Waals surface area contributed by atoms with Crippen molar-refractivity contribution in [2.45, 2.75) is 76.2 Å². The summed E-state index contributed by atoms with van der Waals surface area (Å²) in [6.07, 6.45) is 2.71.